The Labute approximate surface area is 166 Å². The number of rotatable bonds is 10. The first-order valence-corrected chi connectivity index (χ1v) is 8.80. The normalized spacial score (nSPS) is 12.4. The Morgan fingerprint density at radius 2 is 1.72 bits per heavy atom. The number of hydrogen-bond donors (Lipinski definition) is 5. The maximum atomic E-state index is 12.8. The van der Waals surface area contributed by atoms with E-state index in [2.05, 4.69) is 31.4 Å². The van der Waals surface area contributed by atoms with Gasteiger partial charge in [0.25, 0.3) is 0 Å². The second-order valence-corrected chi connectivity index (χ2v) is 6.28. The molecule has 11 heteroatoms. The fourth-order valence-electron chi connectivity index (χ4n) is 2.60. The second kappa shape index (κ2) is 10.5. The molecule has 0 unspecified atom stereocenters. The Balaban J connectivity index is 2.14. The lowest BCUT2D eigenvalue weighted by Crippen LogP contribution is -2.55. The standard InChI is InChI=1S/C18H22N6O5/c1-11(25)21-15(8-13-9-20-24-23-13)18(29)22-14(17(28)19-10-16(26)27)7-12-5-3-2-4-6-12/h2-6,9,14-15H,7-8,10H2,1H3,(H,19,28)(H,21,25)(H,22,29)(H,26,27)(H,20,23,24)/t14-,15-/m0/s1. The Bertz CT molecular complexity index is 840. The third kappa shape index (κ3) is 7.40. The number of aromatic amines is 1. The van der Waals surface area contributed by atoms with Crippen LogP contribution in [0.3, 0.4) is 0 Å². The van der Waals surface area contributed by atoms with Gasteiger partial charge in [-0.25, -0.2) is 0 Å². The summed E-state index contributed by atoms with van der Waals surface area (Å²) in [4.78, 5) is 47.5. The minimum absolute atomic E-state index is 0.0662. The Kier molecular flexibility index (Phi) is 7.83. The Morgan fingerprint density at radius 3 is 2.31 bits per heavy atom. The van der Waals surface area contributed by atoms with Gasteiger partial charge < -0.3 is 21.1 Å². The van der Waals surface area contributed by atoms with Gasteiger partial charge in [0.2, 0.25) is 17.7 Å². The molecule has 2 rings (SSSR count). The summed E-state index contributed by atoms with van der Waals surface area (Å²) < 4.78 is 0. The molecule has 0 fully saturated rings. The lowest BCUT2D eigenvalue weighted by Gasteiger charge is -2.22. The van der Waals surface area contributed by atoms with Crippen molar-refractivity contribution >= 4 is 23.7 Å². The summed E-state index contributed by atoms with van der Waals surface area (Å²) in [7, 11) is 0. The number of nitrogens with zero attached hydrogens (tertiary/aromatic N) is 2. The quantitative estimate of drug-likeness (QED) is 0.332. The van der Waals surface area contributed by atoms with E-state index in [-0.39, 0.29) is 12.8 Å². The van der Waals surface area contributed by atoms with Crippen LogP contribution >= 0.6 is 0 Å². The lowest BCUT2D eigenvalue weighted by atomic mass is 10.0. The number of H-pyrrole nitrogens is 1. The molecule has 29 heavy (non-hydrogen) atoms. The molecule has 2 aromatic rings. The molecule has 1 heterocycles. The van der Waals surface area contributed by atoms with Crippen molar-refractivity contribution in [2.24, 2.45) is 0 Å². The lowest BCUT2D eigenvalue weighted by molar-refractivity contribution is -0.138. The van der Waals surface area contributed by atoms with Crippen LogP contribution in [-0.2, 0) is 32.0 Å². The van der Waals surface area contributed by atoms with E-state index >= 15 is 0 Å². The number of aromatic nitrogens is 3. The molecule has 2 atom stereocenters. The summed E-state index contributed by atoms with van der Waals surface area (Å²) in [5.41, 5.74) is 1.23. The molecule has 0 radical (unpaired) electrons. The number of benzene rings is 1. The van der Waals surface area contributed by atoms with Crippen molar-refractivity contribution in [3.8, 4) is 0 Å². The van der Waals surface area contributed by atoms with Gasteiger partial charge >= 0.3 is 5.97 Å². The zero-order valence-electron chi connectivity index (χ0n) is 15.7. The minimum Gasteiger partial charge on any atom is -0.480 e. The third-order valence-electron chi connectivity index (χ3n) is 3.90. The van der Waals surface area contributed by atoms with E-state index in [0.29, 0.717) is 5.69 Å². The molecule has 0 spiro atoms. The van der Waals surface area contributed by atoms with Crippen molar-refractivity contribution in [2.45, 2.75) is 31.8 Å². The minimum atomic E-state index is -1.20. The number of carbonyl (C=O) groups is 4. The number of aliphatic carboxylic acids is 1. The summed E-state index contributed by atoms with van der Waals surface area (Å²) in [6, 6.07) is 6.93. The van der Waals surface area contributed by atoms with Crippen LogP contribution in [-0.4, -0.2) is 62.8 Å². The van der Waals surface area contributed by atoms with E-state index < -0.39 is 42.3 Å². The monoisotopic (exact) mass is 402 g/mol. The first kappa shape index (κ1) is 21.5. The Hall–Kier alpha value is -3.76. The van der Waals surface area contributed by atoms with Crippen LogP contribution in [0.25, 0.3) is 0 Å². The maximum absolute atomic E-state index is 12.8. The van der Waals surface area contributed by atoms with Crippen LogP contribution < -0.4 is 16.0 Å². The largest absolute Gasteiger partial charge is 0.480 e. The molecular weight excluding hydrogens is 380 g/mol. The van der Waals surface area contributed by atoms with Gasteiger partial charge in [0.15, 0.2) is 0 Å². The van der Waals surface area contributed by atoms with Crippen molar-refractivity contribution in [2.75, 3.05) is 6.54 Å². The highest BCUT2D eigenvalue weighted by Gasteiger charge is 2.27. The molecule has 11 nitrogen and oxygen atoms in total. The summed E-state index contributed by atoms with van der Waals surface area (Å²) in [6.07, 6.45) is 1.63. The van der Waals surface area contributed by atoms with Gasteiger partial charge in [-0.05, 0) is 5.56 Å². The topological polar surface area (TPSA) is 166 Å². The molecule has 0 aliphatic carbocycles. The highest BCUT2D eigenvalue weighted by atomic mass is 16.4. The number of amides is 3. The van der Waals surface area contributed by atoms with Crippen molar-refractivity contribution in [3.05, 3.63) is 47.8 Å². The van der Waals surface area contributed by atoms with E-state index in [1.807, 2.05) is 6.07 Å². The van der Waals surface area contributed by atoms with Crippen molar-refractivity contribution in [1.29, 1.82) is 0 Å². The first-order valence-electron chi connectivity index (χ1n) is 8.80. The second-order valence-electron chi connectivity index (χ2n) is 6.28. The van der Waals surface area contributed by atoms with Crippen LogP contribution in [0.4, 0.5) is 0 Å². The first-order chi connectivity index (χ1) is 13.8. The fourth-order valence-corrected chi connectivity index (χ4v) is 2.60. The number of carbonyl (C=O) groups excluding carboxylic acids is 3. The van der Waals surface area contributed by atoms with E-state index in [9.17, 15) is 19.2 Å². The van der Waals surface area contributed by atoms with Gasteiger partial charge in [-0.2, -0.15) is 15.4 Å². The zero-order valence-corrected chi connectivity index (χ0v) is 15.7. The maximum Gasteiger partial charge on any atom is 0.322 e. The number of hydrogen-bond acceptors (Lipinski definition) is 6. The molecular formula is C18H22N6O5. The molecule has 0 saturated heterocycles. The van der Waals surface area contributed by atoms with Gasteiger partial charge in [0.05, 0.1) is 11.9 Å². The molecule has 0 bridgehead atoms. The van der Waals surface area contributed by atoms with E-state index in [4.69, 9.17) is 5.11 Å². The zero-order chi connectivity index (χ0) is 21.2. The third-order valence-corrected chi connectivity index (χ3v) is 3.90. The summed E-state index contributed by atoms with van der Waals surface area (Å²) in [5, 5.41) is 26.1. The fraction of sp³-hybridized carbons (Fsp3) is 0.333. The van der Waals surface area contributed by atoms with Crippen LogP contribution in [0.5, 0.6) is 0 Å². The van der Waals surface area contributed by atoms with Crippen LogP contribution in [0.2, 0.25) is 0 Å². The average Bonchev–Trinajstić information content (AvgIpc) is 3.18. The van der Waals surface area contributed by atoms with Crippen molar-refractivity contribution < 1.29 is 24.3 Å². The Morgan fingerprint density at radius 1 is 1.03 bits per heavy atom. The van der Waals surface area contributed by atoms with Gasteiger partial charge in [-0.15, -0.1) is 0 Å². The van der Waals surface area contributed by atoms with Crippen LogP contribution in [0.15, 0.2) is 36.5 Å². The van der Waals surface area contributed by atoms with Gasteiger partial charge in [-0.1, -0.05) is 30.3 Å². The number of nitrogens with one attached hydrogen (secondary N) is 4. The molecule has 3 amide bonds. The van der Waals surface area contributed by atoms with Crippen LogP contribution in [0.1, 0.15) is 18.2 Å². The highest BCUT2D eigenvalue weighted by Crippen LogP contribution is 2.05. The highest BCUT2D eigenvalue weighted by molar-refractivity contribution is 5.92. The number of carboxylic acid groups (broad SMARTS) is 1. The summed E-state index contributed by atoms with van der Waals surface area (Å²) >= 11 is 0. The summed E-state index contributed by atoms with van der Waals surface area (Å²) in [5.74, 6) is -2.88. The van der Waals surface area contributed by atoms with Gasteiger partial charge in [-0.3, -0.25) is 19.2 Å². The molecule has 0 aliphatic heterocycles. The molecule has 1 aromatic heterocycles. The predicted molar refractivity (Wildman–Crippen MR) is 100 cm³/mol. The van der Waals surface area contributed by atoms with E-state index in [1.54, 1.807) is 24.3 Å². The van der Waals surface area contributed by atoms with E-state index in [0.717, 1.165) is 5.56 Å². The predicted octanol–water partition coefficient (Wildman–Crippen LogP) is -1.22. The molecule has 0 saturated carbocycles. The van der Waals surface area contributed by atoms with Gasteiger partial charge in [0, 0.05) is 19.8 Å². The molecule has 1 aromatic carbocycles. The number of carboxylic acids is 1. The average molecular weight is 402 g/mol. The smallest absolute Gasteiger partial charge is 0.322 e. The van der Waals surface area contributed by atoms with Crippen LogP contribution in [0, 0.1) is 0 Å². The molecule has 5 N–H and O–H groups in total. The van der Waals surface area contributed by atoms with Gasteiger partial charge in [0.1, 0.15) is 18.6 Å². The van der Waals surface area contributed by atoms with E-state index in [1.165, 1.54) is 13.1 Å². The molecule has 0 aliphatic rings. The van der Waals surface area contributed by atoms with Crippen molar-refractivity contribution in [3.63, 3.8) is 0 Å². The summed E-state index contributed by atoms with van der Waals surface area (Å²) in [6.45, 7) is 0.693. The molecule has 154 valence electrons. The van der Waals surface area contributed by atoms with Crippen molar-refractivity contribution in [1.82, 2.24) is 31.4 Å². The SMILES string of the molecule is CC(=O)N[C@@H](Cc1cn[nH]n1)C(=O)N[C@@H](Cc1ccccc1)C(=O)NCC(=O)O.